The lowest BCUT2D eigenvalue weighted by Gasteiger charge is -2.11. The molecule has 6 nitrogen and oxygen atoms in total. The summed E-state index contributed by atoms with van der Waals surface area (Å²) in [5.74, 6) is -0.0502. The number of carbonyl (C=O) groups is 2. The van der Waals surface area contributed by atoms with Gasteiger partial charge in [0.1, 0.15) is 21.6 Å². The van der Waals surface area contributed by atoms with Crippen molar-refractivity contribution in [1.29, 1.82) is 0 Å². The molecule has 0 saturated carbocycles. The number of esters is 1. The lowest BCUT2D eigenvalue weighted by molar-refractivity contribution is 0.0467. The number of halogens is 1. The van der Waals surface area contributed by atoms with Crippen molar-refractivity contribution < 1.29 is 28.2 Å². The van der Waals surface area contributed by atoms with E-state index in [4.69, 9.17) is 18.6 Å². The predicted octanol–water partition coefficient (Wildman–Crippen LogP) is 4.56. The van der Waals surface area contributed by atoms with E-state index in [1.807, 2.05) is 18.2 Å². The molecule has 0 aliphatic carbocycles. The van der Waals surface area contributed by atoms with Crippen LogP contribution in [0.15, 0.2) is 45.3 Å². The molecule has 0 bridgehead atoms. The van der Waals surface area contributed by atoms with Crippen molar-refractivity contribution in [3.8, 4) is 11.5 Å². The Labute approximate surface area is 164 Å². The van der Waals surface area contributed by atoms with Gasteiger partial charge in [0.15, 0.2) is 12.4 Å². The minimum atomic E-state index is -0.666. The van der Waals surface area contributed by atoms with E-state index in [1.165, 1.54) is 26.4 Å². The first-order valence-corrected chi connectivity index (χ1v) is 8.85. The quantitative estimate of drug-likeness (QED) is 0.419. The van der Waals surface area contributed by atoms with Crippen LogP contribution in [-0.4, -0.2) is 32.6 Å². The molecule has 0 aliphatic heterocycles. The summed E-state index contributed by atoms with van der Waals surface area (Å²) in [6.45, 7) is 1.37. The molecule has 0 fully saturated rings. The van der Waals surface area contributed by atoms with Crippen LogP contribution in [0.1, 0.15) is 26.5 Å². The summed E-state index contributed by atoms with van der Waals surface area (Å²) in [5, 5.41) is 0.856. The lowest BCUT2D eigenvalue weighted by atomic mass is 10.1. The Morgan fingerprint density at radius 2 is 1.70 bits per heavy atom. The van der Waals surface area contributed by atoms with Gasteiger partial charge in [-0.25, -0.2) is 4.79 Å². The van der Waals surface area contributed by atoms with E-state index in [0.717, 1.165) is 10.9 Å². The molecule has 0 N–H and O–H groups in total. The van der Waals surface area contributed by atoms with E-state index in [-0.39, 0.29) is 11.3 Å². The zero-order valence-electron chi connectivity index (χ0n) is 15.0. The van der Waals surface area contributed by atoms with Crippen molar-refractivity contribution >= 4 is 38.7 Å². The monoisotopic (exact) mass is 432 g/mol. The van der Waals surface area contributed by atoms with E-state index in [0.29, 0.717) is 21.6 Å². The van der Waals surface area contributed by atoms with Crippen LogP contribution < -0.4 is 9.47 Å². The molecule has 1 aromatic heterocycles. The normalized spacial score (nSPS) is 10.7. The summed E-state index contributed by atoms with van der Waals surface area (Å²) in [7, 11) is 2.95. The zero-order chi connectivity index (χ0) is 19.6. The maximum atomic E-state index is 12.4. The summed E-state index contributed by atoms with van der Waals surface area (Å²) >= 11 is 3.33. The number of ketones is 1. The van der Waals surface area contributed by atoms with E-state index in [2.05, 4.69) is 15.9 Å². The number of methoxy groups -OCH3 is 2. The number of hydrogen-bond acceptors (Lipinski definition) is 6. The third kappa shape index (κ3) is 3.68. The average Bonchev–Trinajstić information content (AvgIpc) is 3.03. The number of furan rings is 1. The molecule has 2 aromatic carbocycles. The van der Waals surface area contributed by atoms with Gasteiger partial charge in [-0.15, -0.1) is 0 Å². The lowest BCUT2D eigenvalue weighted by Crippen LogP contribution is -2.14. The van der Waals surface area contributed by atoms with Crippen LogP contribution in [0.5, 0.6) is 11.5 Å². The highest BCUT2D eigenvalue weighted by molar-refractivity contribution is 9.10. The first-order valence-electron chi connectivity index (χ1n) is 8.06. The average molecular weight is 433 g/mol. The number of rotatable bonds is 6. The van der Waals surface area contributed by atoms with Crippen LogP contribution in [0, 0.1) is 6.92 Å². The largest absolute Gasteiger partial charge is 0.495 e. The van der Waals surface area contributed by atoms with Gasteiger partial charge in [-0.2, -0.15) is 0 Å². The van der Waals surface area contributed by atoms with E-state index >= 15 is 0 Å². The Morgan fingerprint density at radius 1 is 1.07 bits per heavy atom. The SMILES string of the molecule is COc1cc(C(=O)OCC(=O)c2oc3ccccc3c2C)cc(OC)c1Br. The first kappa shape index (κ1) is 19.0. The maximum Gasteiger partial charge on any atom is 0.338 e. The molecule has 27 heavy (non-hydrogen) atoms. The summed E-state index contributed by atoms with van der Waals surface area (Å²) in [4.78, 5) is 24.8. The Balaban J connectivity index is 1.77. The number of ether oxygens (including phenoxy) is 3. The second-order valence-electron chi connectivity index (χ2n) is 5.75. The Morgan fingerprint density at radius 3 is 2.30 bits per heavy atom. The second-order valence-corrected chi connectivity index (χ2v) is 6.54. The minimum absolute atomic E-state index is 0.190. The molecule has 0 radical (unpaired) electrons. The van der Waals surface area contributed by atoms with Gasteiger partial charge in [0.25, 0.3) is 0 Å². The summed E-state index contributed by atoms with van der Waals surface area (Å²) in [5.41, 5.74) is 1.55. The molecule has 0 saturated heterocycles. The van der Waals surface area contributed by atoms with Crippen molar-refractivity contribution in [1.82, 2.24) is 0 Å². The molecule has 3 rings (SSSR count). The highest BCUT2D eigenvalue weighted by atomic mass is 79.9. The van der Waals surface area contributed by atoms with Gasteiger partial charge in [0.05, 0.1) is 19.8 Å². The molecular weight excluding hydrogens is 416 g/mol. The first-order chi connectivity index (χ1) is 13.0. The van der Waals surface area contributed by atoms with Gasteiger partial charge >= 0.3 is 5.97 Å². The van der Waals surface area contributed by atoms with Gasteiger partial charge in [0.2, 0.25) is 5.78 Å². The molecule has 0 aliphatic rings. The van der Waals surface area contributed by atoms with Crippen molar-refractivity contribution in [2.75, 3.05) is 20.8 Å². The van der Waals surface area contributed by atoms with Gasteiger partial charge in [-0.1, -0.05) is 18.2 Å². The molecule has 1 heterocycles. The Hall–Kier alpha value is -2.80. The summed E-state index contributed by atoms with van der Waals surface area (Å²) in [6, 6.07) is 10.4. The maximum absolute atomic E-state index is 12.4. The minimum Gasteiger partial charge on any atom is -0.495 e. The van der Waals surface area contributed by atoms with Crippen LogP contribution in [0.3, 0.4) is 0 Å². The molecular formula is C20H17BrO6. The van der Waals surface area contributed by atoms with Crippen LogP contribution in [0.4, 0.5) is 0 Å². The second kappa shape index (κ2) is 7.84. The zero-order valence-corrected chi connectivity index (χ0v) is 16.6. The highest BCUT2D eigenvalue weighted by Crippen LogP contribution is 2.35. The summed E-state index contributed by atoms with van der Waals surface area (Å²) in [6.07, 6.45) is 0. The van der Waals surface area contributed by atoms with Gasteiger partial charge in [-0.3, -0.25) is 4.79 Å². The van der Waals surface area contributed by atoms with E-state index < -0.39 is 18.4 Å². The van der Waals surface area contributed by atoms with Crippen LogP contribution >= 0.6 is 15.9 Å². The van der Waals surface area contributed by atoms with E-state index in [1.54, 1.807) is 13.0 Å². The molecule has 0 amide bonds. The Bertz CT molecular complexity index is 995. The van der Waals surface area contributed by atoms with Gasteiger partial charge in [-0.05, 0) is 41.1 Å². The Kier molecular flexibility index (Phi) is 5.51. The molecule has 0 spiro atoms. The number of fused-ring (bicyclic) bond motifs is 1. The smallest absolute Gasteiger partial charge is 0.338 e. The topological polar surface area (TPSA) is 75.0 Å². The molecule has 0 unspecified atom stereocenters. The van der Waals surface area contributed by atoms with Crippen molar-refractivity contribution in [2.45, 2.75) is 6.92 Å². The number of benzene rings is 2. The summed E-state index contributed by atoms with van der Waals surface area (Å²) < 4.78 is 21.8. The number of Topliss-reactive ketones (excluding diaryl/α,β-unsaturated/α-hetero) is 1. The number of hydrogen-bond donors (Lipinski definition) is 0. The fourth-order valence-electron chi connectivity index (χ4n) is 2.71. The number of carbonyl (C=O) groups excluding carboxylic acids is 2. The van der Waals surface area contributed by atoms with Crippen LogP contribution in [0.2, 0.25) is 0 Å². The van der Waals surface area contributed by atoms with Crippen LogP contribution in [-0.2, 0) is 4.74 Å². The number of para-hydroxylation sites is 1. The fourth-order valence-corrected chi connectivity index (χ4v) is 3.26. The molecule has 7 heteroatoms. The van der Waals surface area contributed by atoms with Crippen molar-refractivity contribution in [3.63, 3.8) is 0 Å². The van der Waals surface area contributed by atoms with Crippen molar-refractivity contribution in [2.24, 2.45) is 0 Å². The van der Waals surface area contributed by atoms with Gasteiger partial charge < -0.3 is 18.6 Å². The highest BCUT2D eigenvalue weighted by Gasteiger charge is 2.21. The standard InChI is InChI=1S/C20H17BrO6/c1-11-13-6-4-5-7-15(13)27-19(11)14(22)10-26-20(23)12-8-16(24-2)18(21)17(9-12)25-3/h4-9H,10H2,1-3H3. The fraction of sp³-hybridized carbons (Fsp3) is 0.200. The third-order valence-electron chi connectivity index (χ3n) is 4.11. The number of aryl methyl sites for hydroxylation is 1. The molecule has 3 aromatic rings. The molecule has 140 valence electrons. The van der Waals surface area contributed by atoms with E-state index in [9.17, 15) is 9.59 Å². The predicted molar refractivity (Wildman–Crippen MR) is 103 cm³/mol. The molecule has 0 atom stereocenters. The van der Waals surface area contributed by atoms with Crippen LogP contribution in [0.25, 0.3) is 11.0 Å². The van der Waals surface area contributed by atoms with Gasteiger partial charge in [0, 0.05) is 10.9 Å². The van der Waals surface area contributed by atoms with Crippen molar-refractivity contribution in [3.05, 3.63) is 57.8 Å². The third-order valence-corrected chi connectivity index (χ3v) is 4.89.